The lowest BCUT2D eigenvalue weighted by Crippen LogP contribution is -2.37. The normalized spacial score (nSPS) is 11.4. The average molecular weight is 226 g/mol. The summed E-state index contributed by atoms with van der Waals surface area (Å²) in [4.78, 5) is 35.5. The van der Waals surface area contributed by atoms with Crippen molar-refractivity contribution in [1.82, 2.24) is 9.55 Å². The summed E-state index contributed by atoms with van der Waals surface area (Å²) in [6.45, 7) is 4.60. The Morgan fingerprint density at radius 1 is 1.50 bits per heavy atom. The van der Waals surface area contributed by atoms with Gasteiger partial charge in [0, 0.05) is 18.3 Å². The van der Waals surface area contributed by atoms with Crippen molar-refractivity contribution in [3.63, 3.8) is 0 Å². The van der Waals surface area contributed by atoms with Crippen molar-refractivity contribution in [2.45, 2.75) is 27.3 Å². The quantitative estimate of drug-likeness (QED) is 0.756. The summed E-state index contributed by atoms with van der Waals surface area (Å²) in [6, 6.07) is 0. The van der Waals surface area contributed by atoms with Gasteiger partial charge in [0.15, 0.2) is 0 Å². The van der Waals surface area contributed by atoms with E-state index in [2.05, 4.69) is 4.98 Å². The SMILES string of the molecule is Cc1cn(CC(C)(C)C(=O)O)c(=O)[nH]c1=O. The number of aromatic amines is 1. The molecule has 6 heteroatoms. The van der Waals surface area contributed by atoms with Gasteiger partial charge in [0.1, 0.15) is 0 Å². The highest BCUT2D eigenvalue weighted by Crippen LogP contribution is 2.16. The molecular formula is C10H14N2O4. The number of aliphatic carboxylic acids is 1. The van der Waals surface area contributed by atoms with E-state index in [1.54, 1.807) is 6.92 Å². The van der Waals surface area contributed by atoms with Gasteiger partial charge in [0.25, 0.3) is 5.56 Å². The summed E-state index contributed by atoms with van der Waals surface area (Å²) in [5.41, 5.74) is -1.73. The molecule has 0 aromatic carbocycles. The third-order valence-corrected chi connectivity index (χ3v) is 2.33. The molecule has 0 saturated heterocycles. The van der Waals surface area contributed by atoms with Crippen molar-refractivity contribution in [3.8, 4) is 0 Å². The van der Waals surface area contributed by atoms with Crippen LogP contribution in [0.2, 0.25) is 0 Å². The van der Waals surface area contributed by atoms with Gasteiger partial charge in [-0.25, -0.2) is 4.79 Å². The van der Waals surface area contributed by atoms with E-state index in [0.717, 1.165) is 0 Å². The predicted molar refractivity (Wildman–Crippen MR) is 57.5 cm³/mol. The molecule has 0 aliphatic heterocycles. The van der Waals surface area contributed by atoms with Gasteiger partial charge < -0.3 is 5.11 Å². The van der Waals surface area contributed by atoms with Crippen LogP contribution in [0.3, 0.4) is 0 Å². The number of hydrogen-bond donors (Lipinski definition) is 2. The van der Waals surface area contributed by atoms with Crippen LogP contribution in [-0.4, -0.2) is 20.6 Å². The van der Waals surface area contributed by atoms with Crippen LogP contribution in [-0.2, 0) is 11.3 Å². The van der Waals surface area contributed by atoms with E-state index in [9.17, 15) is 14.4 Å². The van der Waals surface area contributed by atoms with Crippen LogP contribution >= 0.6 is 0 Å². The molecule has 0 amide bonds. The summed E-state index contributed by atoms with van der Waals surface area (Å²) in [7, 11) is 0. The van der Waals surface area contributed by atoms with Crippen LogP contribution in [0.1, 0.15) is 19.4 Å². The lowest BCUT2D eigenvalue weighted by molar-refractivity contribution is -0.147. The number of nitrogens with one attached hydrogen (secondary N) is 1. The maximum absolute atomic E-state index is 11.4. The minimum Gasteiger partial charge on any atom is -0.481 e. The fraction of sp³-hybridized carbons (Fsp3) is 0.500. The minimum atomic E-state index is -1.06. The van der Waals surface area contributed by atoms with E-state index in [0.29, 0.717) is 5.56 Å². The zero-order valence-electron chi connectivity index (χ0n) is 9.40. The number of hydrogen-bond acceptors (Lipinski definition) is 3. The van der Waals surface area contributed by atoms with Crippen molar-refractivity contribution in [3.05, 3.63) is 32.6 Å². The lowest BCUT2D eigenvalue weighted by Gasteiger charge is -2.20. The summed E-state index contributed by atoms with van der Waals surface area (Å²) in [5, 5.41) is 8.93. The second-order valence-corrected chi connectivity index (χ2v) is 4.39. The second-order valence-electron chi connectivity index (χ2n) is 4.39. The highest BCUT2D eigenvalue weighted by Gasteiger charge is 2.28. The Morgan fingerprint density at radius 2 is 2.06 bits per heavy atom. The van der Waals surface area contributed by atoms with Crippen LogP contribution in [0.25, 0.3) is 0 Å². The van der Waals surface area contributed by atoms with Crippen molar-refractivity contribution in [2.75, 3.05) is 0 Å². The van der Waals surface area contributed by atoms with E-state index < -0.39 is 22.6 Å². The Balaban J connectivity index is 3.17. The van der Waals surface area contributed by atoms with E-state index in [1.165, 1.54) is 24.6 Å². The monoisotopic (exact) mass is 226 g/mol. The fourth-order valence-electron chi connectivity index (χ4n) is 1.23. The van der Waals surface area contributed by atoms with Gasteiger partial charge in [-0.2, -0.15) is 0 Å². The van der Waals surface area contributed by atoms with Gasteiger partial charge in [-0.15, -0.1) is 0 Å². The van der Waals surface area contributed by atoms with E-state index >= 15 is 0 Å². The van der Waals surface area contributed by atoms with Crippen LogP contribution in [0.15, 0.2) is 15.8 Å². The molecule has 0 bridgehead atoms. The van der Waals surface area contributed by atoms with Crippen molar-refractivity contribution in [1.29, 1.82) is 0 Å². The Morgan fingerprint density at radius 3 is 2.56 bits per heavy atom. The molecule has 6 nitrogen and oxygen atoms in total. The number of carboxylic acid groups (broad SMARTS) is 1. The molecule has 16 heavy (non-hydrogen) atoms. The van der Waals surface area contributed by atoms with Crippen LogP contribution in [0, 0.1) is 12.3 Å². The largest absolute Gasteiger partial charge is 0.481 e. The number of nitrogens with zero attached hydrogens (tertiary/aromatic N) is 1. The van der Waals surface area contributed by atoms with Gasteiger partial charge >= 0.3 is 11.7 Å². The zero-order chi connectivity index (χ0) is 12.5. The number of aromatic nitrogens is 2. The first-order chi connectivity index (χ1) is 7.24. The summed E-state index contributed by atoms with van der Waals surface area (Å²) in [5.74, 6) is -0.997. The highest BCUT2D eigenvalue weighted by atomic mass is 16.4. The molecule has 2 N–H and O–H groups in total. The van der Waals surface area contributed by atoms with Gasteiger partial charge in [-0.1, -0.05) is 0 Å². The minimum absolute atomic E-state index is 0.0127. The van der Waals surface area contributed by atoms with Gasteiger partial charge in [0.05, 0.1) is 5.41 Å². The number of carboxylic acids is 1. The third-order valence-electron chi connectivity index (χ3n) is 2.33. The maximum Gasteiger partial charge on any atom is 0.328 e. The maximum atomic E-state index is 11.4. The molecule has 0 aliphatic carbocycles. The number of H-pyrrole nitrogens is 1. The average Bonchev–Trinajstić information content (AvgIpc) is 2.13. The lowest BCUT2D eigenvalue weighted by atomic mass is 9.94. The molecule has 0 saturated carbocycles. The molecule has 0 atom stereocenters. The summed E-state index contributed by atoms with van der Waals surface area (Å²) in [6.07, 6.45) is 1.37. The van der Waals surface area contributed by atoms with Crippen LogP contribution in [0.4, 0.5) is 0 Å². The topological polar surface area (TPSA) is 92.2 Å². The molecule has 1 heterocycles. The number of aryl methyl sites for hydroxylation is 1. The molecule has 1 rings (SSSR count). The third kappa shape index (κ3) is 2.39. The predicted octanol–water partition coefficient (Wildman–Crippen LogP) is -0.0442. The Labute approximate surface area is 91.5 Å². The van der Waals surface area contributed by atoms with Crippen molar-refractivity contribution < 1.29 is 9.90 Å². The first-order valence-corrected chi connectivity index (χ1v) is 4.78. The molecule has 0 radical (unpaired) electrons. The highest BCUT2D eigenvalue weighted by molar-refractivity contribution is 5.73. The van der Waals surface area contributed by atoms with Crippen LogP contribution in [0.5, 0.6) is 0 Å². The first kappa shape index (κ1) is 12.2. The number of rotatable bonds is 3. The molecule has 0 aliphatic rings. The molecule has 88 valence electrons. The Kier molecular flexibility index (Phi) is 3.02. The first-order valence-electron chi connectivity index (χ1n) is 4.78. The summed E-state index contributed by atoms with van der Waals surface area (Å²) >= 11 is 0. The van der Waals surface area contributed by atoms with E-state index in [-0.39, 0.29) is 6.54 Å². The second kappa shape index (κ2) is 3.96. The van der Waals surface area contributed by atoms with Gasteiger partial charge in [-0.3, -0.25) is 19.1 Å². The van der Waals surface area contributed by atoms with Gasteiger partial charge in [0.2, 0.25) is 0 Å². The fourth-order valence-corrected chi connectivity index (χ4v) is 1.23. The molecule has 0 spiro atoms. The molecular weight excluding hydrogens is 212 g/mol. The van der Waals surface area contributed by atoms with Gasteiger partial charge in [-0.05, 0) is 20.8 Å². The zero-order valence-corrected chi connectivity index (χ0v) is 9.40. The molecule has 1 aromatic rings. The van der Waals surface area contributed by atoms with Crippen molar-refractivity contribution >= 4 is 5.97 Å². The molecule has 0 fully saturated rings. The standard InChI is InChI=1S/C10H14N2O4/c1-6-4-12(9(16)11-7(6)13)5-10(2,3)8(14)15/h4H,5H2,1-3H3,(H,14,15)(H,11,13,16). The van der Waals surface area contributed by atoms with E-state index in [4.69, 9.17) is 5.11 Å². The van der Waals surface area contributed by atoms with Crippen molar-refractivity contribution in [2.24, 2.45) is 5.41 Å². The molecule has 1 aromatic heterocycles. The van der Waals surface area contributed by atoms with E-state index in [1.807, 2.05) is 0 Å². The smallest absolute Gasteiger partial charge is 0.328 e. The Bertz CT molecular complexity index is 524. The summed E-state index contributed by atoms with van der Waals surface area (Å²) < 4.78 is 1.20. The number of carbonyl (C=O) groups is 1. The Hall–Kier alpha value is -1.85. The van der Waals surface area contributed by atoms with Crippen LogP contribution < -0.4 is 11.2 Å². The molecule has 0 unspecified atom stereocenters.